The molecule has 0 radical (unpaired) electrons. The Morgan fingerprint density at radius 3 is 2.37 bits per heavy atom. The molecule has 0 saturated heterocycles. The van der Waals surface area contributed by atoms with Crippen LogP contribution in [-0.4, -0.2) is 15.0 Å². The molecule has 2 rings (SSSR count). The van der Waals surface area contributed by atoms with Gasteiger partial charge >= 0.3 is 0 Å². The molecule has 0 aliphatic carbocycles. The number of thiophene rings is 1. The van der Waals surface area contributed by atoms with Crippen LogP contribution in [0.1, 0.15) is 18.7 Å². The van der Waals surface area contributed by atoms with Crippen molar-refractivity contribution >= 4 is 21.4 Å². The fourth-order valence-electron chi connectivity index (χ4n) is 1.71. The molecular weight excluding hydrogens is 278 g/mol. The highest BCUT2D eigenvalue weighted by atomic mass is 32.2. The molecule has 0 aliphatic heterocycles. The number of rotatable bonds is 5. The van der Waals surface area contributed by atoms with Gasteiger partial charge in [-0.05, 0) is 23.6 Å². The van der Waals surface area contributed by atoms with Crippen LogP contribution in [0.2, 0.25) is 0 Å². The van der Waals surface area contributed by atoms with Gasteiger partial charge in [-0.2, -0.15) is 0 Å². The molecule has 0 aliphatic rings. The molecule has 0 amide bonds. The van der Waals surface area contributed by atoms with Crippen molar-refractivity contribution in [2.75, 3.05) is 6.54 Å². The lowest BCUT2D eigenvalue weighted by molar-refractivity contribution is 0.509. The van der Waals surface area contributed by atoms with Crippen LogP contribution in [-0.2, 0) is 15.4 Å². The monoisotopic (exact) mass is 295 g/mol. The molecule has 5 heteroatoms. The zero-order valence-electron chi connectivity index (χ0n) is 11.0. The Kier molecular flexibility index (Phi) is 4.08. The molecule has 3 nitrogen and oxygen atoms in total. The molecule has 1 heterocycles. The summed E-state index contributed by atoms with van der Waals surface area (Å²) in [6.07, 6.45) is 0. The molecule has 0 bridgehead atoms. The Morgan fingerprint density at radius 1 is 1.11 bits per heavy atom. The summed E-state index contributed by atoms with van der Waals surface area (Å²) < 4.78 is 27.0. The molecule has 1 N–H and O–H groups in total. The van der Waals surface area contributed by atoms with Crippen LogP contribution < -0.4 is 4.72 Å². The highest BCUT2D eigenvalue weighted by Crippen LogP contribution is 2.27. The van der Waals surface area contributed by atoms with Crippen molar-refractivity contribution in [1.82, 2.24) is 4.72 Å². The fourth-order valence-corrected chi connectivity index (χ4v) is 3.79. The molecule has 1 aromatic carbocycles. The Balaban J connectivity index is 2.11. The van der Waals surface area contributed by atoms with Crippen LogP contribution in [0.3, 0.4) is 0 Å². The van der Waals surface area contributed by atoms with Gasteiger partial charge in [-0.25, -0.2) is 13.1 Å². The summed E-state index contributed by atoms with van der Waals surface area (Å²) in [6, 6.07) is 12.4. The van der Waals surface area contributed by atoms with Crippen molar-refractivity contribution in [1.29, 1.82) is 0 Å². The van der Waals surface area contributed by atoms with Gasteiger partial charge in [-0.15, -0.1) is 11.3 Å². The lowest BCUT2D eigenvalue weighted by atomic mass is 9.92. The van der Waals surface area contributed by atoms with Gasteiger partial charge in [0.05, 0.1) is 4.90 Å². The second kappa shape index (κ2) is 5.45. The second-order valence-corrected chi connectivity index (χ2v) is 7.71. The van der Waals surface area contributed by atoms with E-state index >= 15 is 0 Å². The van der Waals surface area contributed by atoms with Gasteiger partial charge < -0.3 is 0 Å². The van der Waals surface area contributed by atoms with Gasteiger partial charge in [0, 0.05) is 16.8 Å². The van der Waals surface area contributed by atoms with Crippen LogP contribution in [0.4, 0.5) is 0 Å². The van der Waals surface area contributed by atoms with Crippen LogP contribution in [0, 0.1) is 0 Å². The third kappa shape index (κ3) is 3.43. The Bertz CT molecular complexity index is 617. The van der Waals surface area contributed by atoms with Crippen molar-refractivity contribution in [3.63, 3.8) is 0 Å². The number of hydrogen-bond acceptors (Lipinski definition) is 3. The molecule has 0 unspecified atom stereocenters. The van der Waals surface area contributed by atoms with Gasteiger partial charge in [0.1, 0.15) is 0 Å². The maximum atomic E-state index is 12.1. The third-order valence-electron chi connectivity index (χ3n) is 2.95. The predicted molar refractivity (Wildman–Crippen MR) is 79.0 cm³/mol. The minimum absolute atomic E-state index is 0.212. The molecule has 0 atom stereocenters. The van der Waals surface area contributed by atoms with Crippen LogP contribution in [0.15, 0.2) is 52.7 Å². The summed E-state index contributed by atoms with van der Waals surface area (Å²) in [5.74, 6) is 0. The normalized spacial score (nSPS) is 12.5. The smallest absolute Gasteiger partial charge is 0.210 e. The lowest BCUT2D eigenvalue weighted by Crippen LogP contribution is -2.36. The molecule has 0 saturated carbocycles. The topological polar surface area (TPSA) is 46.2 Å². The van der Waals surface area contributed by atoms with Crippen molar-refractivity contribution < 1.29 is 8.42 Å². The van der Waals surface area contributed by atoms with Gasteiger partial charge in [-0.3, -0.25) is 0 Å². The first-order valence-electron chi connectivity index (χ1n) is 6.00. The number of sulfonamides is 1. The minimum Gasteiger partial charge on any atom is -0.210 e. The SMILES string of the molecule is CC(C)(CNS(=O)(=O)c1ccccc1)c1cccs1. The van der Waals surface area contributed by atoms with E-state index in [0.717, 1.165) is 0 Å². The average molecular weight is 295 g/mol. The van der Waals surface area contributed by atoms with Crippen LogP contribution in [0.25, 0.3) is 0 Å². The maximum Gasteiger partial charge on any atom is 0.240 e. The minimum atomic E-state index is -3.43. The summed E-state index contributed by atoms with van der Waals surface area (Å²) in [6.45, 7) is 4.45. The highest BCUT2D eigenvalue weighted by molar-refractivity contribution is 7.89. The number of benzene rings is 1. The summed E-state index contributed by atoms with van der Waals surface area (Å²) in [5, 5.41) is 2.00. The maximum absolute atomic E-state index is 12.1. The van der Waals surface area contributed by atoms with Gasteiger partial charge in [0.2, 0.25) is 10.0 Å². The van der Waals surface area contributed by atoms with E-state index in [1.165, 1.54) is 4.88 Å². The predicted octanol–water partition coefficient (Wildman–Crippen LogP) is 3.00. The Morgan fingerprint density at radius 2 is 1.79 bits per heavy atom. The Labute approximate surface area is 118 Å². The van der Waals surface area contributed by atoms with E-state index in [2.05, 4.69) is 4.72 Å². The first-order chi connectivity index (χ1) is 8.92. The van der Waals surface area contributed by atoms with E-state index in [1.807, 2.05) is 31.4 Å². The van der Waals surface area contributed by atoms with Gasteiger partial charge in [0.15, 0.2) is 0 Å². The molecule has 0 spiro atoms. The largest absolute Gasteiger partial charge is 0.240 e. The van der Waals surface area contributed by atoms with Crippen molar-refractivity contribution in [2.45, 2.75) is 24.2 Å². The van der Waals surface area contributed by atoms with Crippen molar-refractivity contribution in [3.8, 4) is 0 Å². The third-order valence-corrected chi connectivity index (χ3v) is 5.60. The first-order valence-corrected chi connectivity index (χ1v) is 8.37. The van der Waals surface area contributed by atoms with E-state index in [1.54, 1.807) is 41.7 Å². The summed E-state index contributed by atoms with van der Waals surface area (Å²) >= 11 is 1.64. The molecule has 102 valence electrons. The van der Waals surface area contributed by atoms with Crippen LogP contribution in [0.5, 0.6) is 0 Å². The van der Waals surface area contributed by atoms with Gasteiger partial charge in [0.25, 0.3) is 0 Å². The standard InChI is InChI=1S/C14H17NO2S2/c1-14(2,13-9-6-10-18-13)11-15-19(16,17)12-7-4-3-5-8-12/h3-10,15H,11H2,1-2H3. The second-order valence-electron chi connectivity index (χ2n) is 5.00. The van der Waals surface area contributed by atoms with Crippen molar-refractivity contribution in [3.05, 3.63) is 52.7 Å². The van der Waals surface area contributed by atoms with E-state index in [4.69, 9.17) is 0 Å². The van der Waals surface area contributed by atoms with Crippen LogP contribution >= 0.6 is 11.3 Å². The molecular formula is C14H17NO2S2. The molecule has 0 fully saturated rings. The summed E-state index contributed by atoms with van der Waals surface area (Å²) in [4.78, 5) is 1.47. The molecule has 1 aromatic heterocycles. The summed E-state index contributed by atoms with van der Waals surface area (Å²) in [7, 11) is -3.43. The Hall–Kier alpha value is -1.17. The quantitative estimate of drug-likeness (QED) is 0.921. The van der Waals surface area contributed by atoms with E-state index in [9.17, 15) is 8.42 Å². The fraction of sp³-hybridized carbons (Fsp3) is 0.286. The van der Waals surface area contributed by atoms with E-state index in [0.29, 0.717) is 11.4 Å². The zero-order valence-corrected chi connectivity index (χ0v) is 12.6. The summed E-state index contributed by atoms with van der Waals surface area (Å²) in [5.41, 5.74) is -0.212. The lowest BCUT2D eigenvalue weighted by Gasteiger charge is -2.23. The van der Waals surface area contributed by atoms with E-state index < -0.39 is 10.0 Å². The van der Waals surface area contributed by atoms with E-state index in [-0.39, 0.29) is 5.41 Å². The van der Waals surface area contributed by atoms with Gasteiger partial charge in [-0.1, -0.05) is 38.1 Å². The highest BCUT2D eigenvalue weighted by Gasteiger charge is 2.24. The number of hydrogen-bond donors (Lipinski definition) is 1. The molecule has 2 aromatic rings. The number of nitrogens with one attached hydrogen (secondary N) is 1. The first kappa shape index (κ1) is 14.2. The average Bonchev–Trinajstić information content (AvgIpc) is 2.93. The molecule has 19 heavy (non-hydrogen) atoms. The zero-order chi connectivity index (χ0) is 13.9. The van der Waals surface area contributed by atoms with Crippen molar-refractivity contribution in [2.24, 2.45) is 0 Å².